The van der Waals surface area contributed by atoms with E-state index in [9.17, 15) is 0 Å². The van der Waals surface area contributed by atoms with Crippen molar-refractivity contribution < 1.29 is 4.57 Å². The van der Waals surface area contributed by atoms with E-state index in [1.165, 1.54) is 17.8 Å². The van der Waals surface area contributed by atoms with Gasteiger partial charge in [0.1, 0.15) is 0 Å². The Hall–Kier alpha value is -2.14. The van der Waals surface area contributed by atoms with Crippen LogP contribution >= 0.6 is 0 Å². The molecule has 122 valence electrons. The first-order valence-corrected chi connectivity index (χ1v) is 8.55. The van der Waals surface area contributed by atoms with Crippen LogP contribution in [-0.2, 0) is 13.0 Å². The number of hydrogen-bond acceptors (Lipinski definition) is 3. The highest BCUT2D eigenvalue weighted by atomic mass is 15.1. The molecule has 0 aliphatic rings. The van der Waals surface area contributed by atoms with E-state index >= 15 is 0 Å². The first-order chi connectivity index (χ1) is 11.3. The number of rotatable bonds is 7. The number of nitrogens with zero attached hydrogens (tertiary/aromatic N) is 2. The second-order valence-electron chi connectivity index (χ2n) is 6.06. The van der Waals surface area contributed by atoms with Gasteiger partial charge in [0.2, 0.25) is 5.52 Å². The molecule has 0 aliphatic heterocycles. The molecular weight excluding hydrogens is 286 g/mol. The van der Waals surface area contributed by atoms with Gasteiger partial charge in [-0.15, -0.1) is 0 Å². The summed E-state index contributed by atoms with van der Waals surface area (Å²) in [4.78, 5) is 8.08. The standard InChI is InChI=1S/C18H25N5/c1-2-3-10-15-22-16-17(23(15)12-7-6-11-19)13-8-4-5-9-14(13)21-18(16)20/h4-5,8-9H,2-3,6-7,10-12,19H2,1H3,(H2,20,21)/p+1. The van der Waals surface area contributed by atoms with Gasteiger partial charge in [-0.3, -0.25) is 0 Å². The molecule has 5 heteroatoms. The van der Waals surface area contributed by atoms with E-state index in [0.717, 1.165) is 55.2 Å². The molecule has 5 N–H and O–H groups in total. The third-order valence-electron chi connectivity index (χ3n) is 4.36. The van der Waals surface area contributed by atoms with Crippen molar-refractivity contribution in [1.82, 2.24) is 9.97 Å². The van der Waals surface area contributed by atoms with E-state index in [2.05, 4.69) is 33.6 Å². The molecule has 0 saturated carbocycles. The number of nitrogens with one attached hydrogen (secondary N) is 1. The molecule has 0 amide bonds. The molecule has 2 heterocycles. The minimum Gasteiger partial charge on any atom is -0.380 e. The number of imidazole rings is 1. The van der Waals surface area contributed by atoms with E-state index in [0.29, 0.717) is 5.82 Å². The topological polar surface area (TPSA) is 84.6 Å². The lowest BCUT2D eigenvalue weighted by atomic mass is 10.2. The van der Waals surface area contributed by atoms with Crippen molar-refractivity contribution in [1.29, 1.82) is 0 Å². The fraction of sp³-hybridized carbons (Fsp3) is 0.444. The molecule has 23 heavy (non-hydrogen) atoms. The van der Waals surface area contributed by atoms with Crippen LogP contribution in [0.1, 0.15) is 38.4 Å². The predicted molar refractivity (Wildman–Crippen MR) is 95.1 cm³/mol. The molecule has 1 aromatic carbocycles. The number of anilines is 1. The fourth-order valence-electron chi connectivity index (χ4n) is 3.17. The normalized spacial score (nSPS) is 11.6. The summed E-state index contributed by atoms with van der Waals surface area (Å²) in [5, 5.41) is 1.16. The number of H-pyrrole nitrogens is 1. The SMILES string of the molecule is CCCCc1[nH]c2c(N)nc3ccccc3c2[n+]1CCCCN. The second-order valence-corrected chi connectivity index (χ2v) is 6.06. The maximum atomic E-state index is 6.21. The van der Waals surface area contributed by atoms with Crippen molar-refractivity contribution in [2.45, 2.75) is 45.6 Å². The zero-order chi connectivity index (χ0) is 16.2. The van der Waals surface area contributed by atoms with Gasteiger partial charge >= 0.3 is 0 Å². The lowest BCUT2D eigenvalue weighted by Gasteiger charge is -2.04. The molecule has 0 spiro atoms. The molecule has 0 saturated heterocycles. The van der Waals surface area contributed by atoms with Crippen molar-refractivity contribution in [3.63, 3.8) is 0 Å². The fourth-order valence-corrected chi connectivity index (χ4v) is 3.17. The van der Waals surface area contributed by atoms with Gasteiger partial charge in [0, 0.05) is 6.42 Å². The van der Waals surface area contributed by atoms with Gasteiger partial charge in [-0.1, -0.05) is 25.5 Å². The molecule has 5 nitrogen and oxygen atoms in total. The number of aromatic nitrogens is 3. The Morgan fingerprint density at radius 3 is 2.78 bits per heavy atom. The number of aryl methyl sites for hydroxylation is 2. The summed E-state index contributed by atoms with van der Waals surface area (Å²) < 4.78 is 2.39. The summed E-state index contributed by atoms with van der Waals surface area (Å²) in [5.74, 6) is 1.82. The highest BCUT2D eigenvalue weighted by Crippen LogP contribution is 2.25. The molecule has 0 atom stereocenters. The van der Waals surface area contributed by atoms with Crippen molar-refractivity contribution in [3.8, 4) is 0 Å². The van der Waals surface area contributed by atoms with Crippen LogP contribution in [0.4, 0.5) is 5.82 Å². The molecule has 2 aromatic heterocycles. The highest BCUT2D eigenvalue weighted by Gasteiger charge is 2.23. The summed E-state index contributed by atoms with van der Waals surface area (Å²) in [7, 11) is 0. The van der Waals surface area contributed by atoms with Gasteiger partial charge in [-0.05, 0) is 37.9 Å². The van der Waals surface area contributed by atoms with E-state index in [1.54, 1.807) is 0 Å². The Labute approximate surface area is 136 Å². The number of nitrogen functional groups attached to an aromatic ring is 1. The van der Waals surface area contributed by atoms with Gasteiger partial charge in [-0.25, -0.2) is 14.5 Å². The molecule has 0 bridgehead atoms. The first kappa shape index (κ1) is 15.7. The maximum Gasteiger partial charge on any atom is 0.255 e. The third-order valence-corrected chi connectivity index (χ3v) is 4.36. The summed E-state index contributed by atoms with van der Waals surface area (Å²) in [6.45, 7) is 3.91. The Bertz CT molecular complexity index is 806. The Morgan fingerprint density at radius 2 is 2.00 bits per heavy atom. The minimum absolute atomic E-state index is 0.578. The maximum absolute atomic E-state index is 6.21. The lowest BCUT2D eigenvalue weighted by molar-refractivity contribution is -0.678. The summed E-state index contributed by atoms with van der Waals surface area (Å²) in [6.07, 6.45) is 5.47. The number of benzene rings is 1. The van der Waals surface area contributed by atoms with Crippen LogP contribution in [0, 0.1) is 0 Å². The van der Waals surface area contributed by atoms with Gasteiger partial charge in [0.25, 0.3) is 5.82 Å². The summed E-state index contributed by atoms with van der Waals surface area (Å²) in [5.41, 5.74) is 15.0. The summed E-state index contributed by atoms with van der Waals surface area (Å²) >= 11 is 0. The van der Waals surface area contributed by atoms with E-state index in [1.807, 2.05) is 12.1 Å². The Balaban J connectivity index is 2.19. The van der Waals surface area contributed by atoms with Crippen molar-refractivity contribution in [3.05, 3.63) is 30.1 Å². The van der Waals surface area contributed by atoms with E-state index < -0.39 is 0 Å². The van der Waals surface area contributed by atoms with Crippen LogP contribution < -0.4 is 16.0 Å². The Kier molecular flexibility index (Phi) is 4.76. The smallest absolute Gasteiger partial charge is 0.255 e. The lowest BCUT2D eigenvalue weighted by Crippen LogP contribution is -2.37. The molecule has 0 radical (unpaired) electrons. The molecule has 0 aliphatic carbocycles. The van der Waals surface area contributed by atoms with Gasteiger partial charge in [-0.2, -0.15) is 0 Å². The monoisotopic (exact) mass is 312 g/mol. The average Bonchev–Trinajstić information content (AvgIpc) is 2.93. The first-order valence-electron chi connectivity index (χ1n) is 8.55. The second kappa shape index (κ2) is 6.96. The van der Waals surface area contributed by atoms with Crippen LogP contribution in [0.5, 0.6) is 0 Å². The zero-order valence-electron chi connectivity index (χ0n) is 13.8. The number of nitrogens with two attached hydrogens (primary N) is 2. The minimum atomic E-state index is 0.578. The van der Waals surface area contributed by atoms with E-state index in [4.69, 9.17) is 11.5 Å². The number of fused-ring (bicyclic) bond motifs is 3. The molecule has 3 aromatic rings. The van der Waals surface area contributed by atoms with E-state index in [-0.39, 0.29) is 0 Å². The van der Waals surface area contributed by atoms with Crippen molar-refractivity contribution in [2.24, 2.45) is 5.73 Å². The number of unbranched alkanes of at least 4 members (excludes halogenated alkanes) is 2. The number of aromatic amines is 1. The van der Waals surface area contributed by atoms with Crippen LogP contribution in [0.25, 0.3) is 21.9 Å². The van der Waals surface area contributed by atoms with Crippen LogP contribution in [0.15, 0.2) is 24.3 Å². The number of pyridine rings is 1. The van der Waals surface area contributed by atoms with Gasteiger partial charge < -0.3 is 11.5 Å². The van der Waals surface area contributed by atoms with Gasteiger partial charge in [0.15, 0.2) is 11.3 Å². The van der Waals surface area contributed by atoms with Crippen LogP contribution in [0.2, 0.25) is 0 Å². The highest BCUT2D eigenvalue weighted by molar-refractivity contribution is 6.04. The molecular formula is C18H26N5+. The number of hydrogen-bond donors (Lipinski definition) is 3. The molecule has 0 unspecified atom stereocenters. The van der Waals surface area contributed by atoms with Crippen molar-refractivity contribution >= 4 is 27.8 Å². The zero-order valence-corrected chi connectivity index (χ0v) is 13.8. The van der Waals surface area contributed by atoms with Gasteiger partial charge in [0.05, 0.1) is 17.4 Å². The van der Waals surface area contributed by atoms with Crippen LogP contribution in [-0.4, -0.2) is 16.5 Å². The molecule has 0 fully saturated rings. The predicted octanol–water partition coefficient (Wildman–Crippen LogP) is 2.67. The number of para-hydroxylation sites is 1. The van der Waals surface area contributed by atoms with Crippen LogP contribution in [0.3, 0.4) is 0 Å². The third kappa shape index (κ3) is 3.01. The largest absolute Gasteiger partial charge is 0.380 e. The Morgan fingerprint density at radius 1 is 1.17 bits per heavy atom. The molecule has 3 rings (SSSR count). The average molecular weight is 312 g/mol. The van der Waals surface area contributed by atoms with Crippen molar-refractivity contribution in [2.75, 3.05) is 12.3 Å². The summed E-state index contributed by atoms with van der Waals surface area (Å²) in [6, 6.07) is 8.21. The quantitative estimate of drug-likeness (QED) is 0.463.